The smallest absolute Gasteiger partial charge is 0.320 e. The molecule has 0 bridgehead atoms. The number of nitrogens with two attached hydrogens (primary N) is 1. The maximum atomic E-state index is 13.1. The molecular formula is C21H21FN4O2S2. The summed E-state index contributed by atoms with van der Waals surface area (Å²) in [7, 11) is 0. The molecule has 0 aliphatic rings. The Morgan fingerprint density at radius 1 is 1.17 bits per heavy atom. The Balaban J connectivity index is 1.66. The number of urea groups is 1. The van der Waals surface area contributed by atoms with E-state index in [0.717, 1.165) is 22.7 Å². The summed E-state index contributed by atoms with van der Waals surface area (Å²) in [6, 6.07) is 13.1. The lowest BCUT2D eigenvalue weighted by molar-refractivity contribution is 0.0998. The van der Waals surface area contributed by atoms with Crippen LogP contribution in [0.1, 0.15) is 40.0 Å². The Bertz CT molecular complexity index is 1040. The molecular weight excluding hydrogens is 423 g/mol. The molecule has 0 spiro atoms. The van der Waals surface area contributed by atoms with Crippen LogP contribution in [-0.2, 0) is 5.75 Å². The van der Waals surface area contributed by atoms with Crippen LogP contribution in [0.25, 0.3) is 0 Å². The SMILES string of the molecule is Cc1ccc(CSc2nsc(NC(=O)NC(C)c3ccc(F)cc3)c2C(N)=O)cc1. The molecule has 1 heterocycles. The molecule has 0 fully saturated rings. The van der Waals surface area contributed by atoms with Gasteiger partial charge in [0, 0.05) is 5.75 Å². The Labute approximate surface area is 182 Å². The molecule has 4 N–H and O–H groups in total. The second-order valence-corrected chi connectivity index (χ2v) is 8.44. The molecule has 2 aromatic carbocycles. The number of carbonyl (C=O) groups is 2. The molecule has 156 valence electrons. The molecule has 6 nitrogen and oxygen atoms in total. The number of primary amides is 1. The summed E-state index contributed by atoms with van der Waals surface area (Å²) in [5.41, 5.74) is 8.75. The minimum atomic E-state index is -0.656. The van der Waals surface area contributed by atoms with E-state index in [1.54, 1.807) is 19.1 Å². The summed E-state index contributed by atoms with van der Waals surface area (Å²) >= 11 is 2.39. The summed E-state index contributed by atoms with van der Waals surface area (Å²) in [6.07, 6.45) is 0. The van der Waals surface area contributed by atoms with Gasteiger partial charge in [0.1, 0.15) is 21.4 Å². The Morgan fingerprint density at radius 2 is 1.83 bits per heavy atom. The third kappa shape index (κ3) is 5.58. The van der Waals surface area contributed by atoms with Gasteiger partial charge >= 0.3 is 6.03 Å². The molecule has 3 amide bonds. The molecule has 1 aromatic heterocycles. The quantitative estimate of drug-likeness (QED) is 0.453. The van der Waals surface area contributed by atoms with Crippen molar-refractivity contribution < 1.29 is 14.0 Å². The molecule has 30 heavy (non-hydrogen) atoms. The van der Waals surface area contributed by atoms with Gasteiger partial charge < -0.3 is 11.1 Å². The maximum Gasteiger partial charge on any atom is 0.320 e. The normalized spacial score (nSPS) is 11.7. The third-order valence-electron chi connectivity index (χ3n) is 4.35. The highest BCUT2D eigenvalue weighted by Crippen LogP contribution is 2.33. The van der Waals surface area contributed by atoms with E-state index in [-0.39, 0.29) is 22.4 Å². The summed E-state index contributed by atoms with van der Waals surface area (Å²) in [5, 5.41) is 6.17. The number of amides is 3. The number of aromatic nitrogens is 1. The highest BCUT2D eigenvalue weighted by atomic mass is 32.2. The summed E-state index contributed by atoms with van der Waals surface area (Å²) in [5.74, 6) is -0.378. The van der Waals surface area contributed by atoms with Crippen LogP contribution in [0.15, 0.2) is 53.6 Å². The predicted molar refractivity (Wildman–Crippen MR) is 118 cm³/mol. The molecule has 0 aliphatic carbocycles. The number of hydrogen-bond acceptors (Lipinski definition) is 5. The van der Waals surface area contributed by atoms with E-state index in [9.17, 15) is 14.0 Å². The van der Waals surface area contributed by atoms with E-state index >= 15 is 0 Å². The van der Waals surface area contributed by atoms with Crippen LogP contribution in [0.2, 0.25) is 0 Å². The van der Waals surface area contributed by atoms with Gasteiger partial charge in [0.05, 0.1) is 6.04 Å². The zero-order valence-electron chi connectivity index (χ0n) is 16.4. The minimum absolute atomic E-state index is 0.196. The first-order valence-electron chi connectivity index (χ1n) is 9.14. The van der Waals surface area contributed by atoms with E-state index in [1.807, 2.05) is 31.2 Å². The molecule has 0 saturated heterocycles. The van der Waals surface area contributed by atoms with Crippen molar-refractivity contribution in [2.24, 2.45) is 5.73 Å². The second-order valence-electron chi connectivity index (χ2n) is 6.70. The molecule has 1 unspecified atom stereocenters. The molecule has 0 aliphatic heterocycles. The van der Waals surface area contributed by atoms with Crippen LogP contribution < -0.4 is 16.4 Å². The molecule has 1 atom stereocenters. The monoisotopic (exact) mass is 444 g/mol. The number of carbonyl (C=O) groups excluding carboxylic acids is 2. The number of aryl methyl sites for hydroxylation is 1. The lowest BCUT2D eigenvalue weighted by Crippen LogP contribution is -2.31. The van der Waals surface area contributed by atoms with Gasteiger partial charge in [0.15, 0.2) is 0 Å². The van der Waals surface area contributed by atoms with Crippen molar-refractivity contribution in [3.63, 3.8) is 0 Å². The van der Waals surface area contributed by atoms with Crippen LogP contribution in [0, 0.1) is 12.7 Å². The maximum absolute atomic E-state index is 13.1. The number of nitrogens with zero attached hydrogens (tertiary/aromatic N) is 1. The Kier molecular flexibility index (Phi) is 7.07. The molecule has 3 aromatic rings. The standard InChI is InChI=1S/C21H21FN4O2S2/c1-12-3-5-14(6-4-12)11-29-20-17(18(23)27)19(30-26-20)25-21(28)24-13(2)15-7-9-16(22)10-8-15/h3-10,13H,11H2,1-2H3,(H2,23,27)(H2,24,25,28). The first-order valence-corrected chi connectivity index (χ1v) is 10.9. The Hall–Kier alpha value is -2.91. The van der Waals surface area contributed by atoms with Crippen molar-refractivity contribution >= 4 is 40.2 Å². The number of halogens is 1. The Morgan fingerprint density at radius 3 is 2.47 bits per heavy atom. The van der Waals surface area contributed by atoms with Crippen molar-refractivity contribution in [2.45, 2.75) is 30.7 Å². The van der Waals surface area contributed by atoms with Gasteiger partial charge in [-0.3, -0.25) is 10.1 Å². The highest BCUT2D eigenvalue weighted by molar-refractivity contribution is 7.98. The van der Waals surface area contributed by atoms with Crippen molar-refractivity contribution in [2.75, 3.05) is 5.32 Å². The van der Waals surface area contributed by atoms with Crippen LogP contribution in [0.5, 0.6) is 0 Å². The van der Waals surface area contributed by atoms with Crippen LogP contribution in [0.4, 0.5) is 14.2 Å². The number of rotatable bonds is 7. The van der Waals surface area contributed by atoms with Crippen molar-refractivity contribution in [1.29, 1.82) is 0 Å². The lowest BCUT2D eigenvalue weighted by atomic mass is 10.1. The van der Waals surface area contributed by atoms with Gasteiger partial charge in [0.25, 0.3) is 5.91 Å². The number of nitrogens with one attached hydrogen (secondary N) is 2. The lowest BCUT2D eigenvalue weighted by Gasteiger charge is -2.14. The van der Waals surface area contributed by atoms with Crippen molar-refractivity contribution in [1.82, 2.24) is 9.69 Å². The topological polar surface area (TPSA) is 97.1 Å². The van der Waals surface area contributed by atoms with E-state index in [0.29, 0.717) is 10.8 Å². The average Bonchev–Trinajstić information content (AvgIpc) is 3.10. The first-order chi connectivity index (χ1) is 14.3. The summed E-state index contributed by atoms with van der Waals surface area (Å²) in [6.45, 7) is 3.79. The van der Waals surface area contributed by atoms with Crippen molar-refractivity contribution in [3.8, 4) is 0 Å². The van der Waals surface area contributed by atoms with Crippen LogP contribution in [0.3, 0.4) is 0 Å². The zero-order valence-corrected chi connectivity index (χ0v) is 18.1. The number of thioether (sulfide) groups is 1. The first kappa shape index (κ1) is 21.8. The highest BCUT2D eigenvalue weighted by Gasteiger charge is 2.21. The van der Waals surface area contributed by atoms with E-state index in [4.69, 9.17) is 5.73 Å². The number of anilines is 1. The van der Waals surface area contributed by atoms with Gasteiger partial charge in [-0.2, -0.15) is 4.37 Å². The predicted octanol–water partition coefficient (Wildman–Crippen LogP) is 4.86. The van der Waals surface area contributed by atoms with Gasteiger partial charge in [0.2, 0.25) is 0 Å². The molecule has 0 radical (unpaired) electrons. The van der Waals surface area contributed by atoms with Gasteiger partial charge in [-0.25, -0.2) is 9.18 Å². The molecule has 9 heteroatoms. The second kappa shape index (κ2) is 9.73. The van der Waals surface area contributed by atoms with Crippen LogP contribution in [-0.4, -0.2) is 16.3 Å². The molecule has 0 saturated carbocycles. The van der Waals surface area contributed by atoms with E-state index < -0.39 is 11.9 Å². The fourth-order valence-electron chi connectivity index (χ4n) is 2.68. The molecule has 3 rings (SSSR count). The average molecular weight is 445 g/mol. The summed E-state index contributed by atoms with van der Waals surface area (Å²) in [4.78, 5) is 24.4. The largest absolute Gasteiger partial charge is 0.365 e. The zero-order chi connectivity index (χ0) is 21.7. The van der Waals surface area contributed by atoms with Gasteiger partial charge in [-0.15, -0.1) is 0 Å². The van der Waals surface area contributed by atoms with Crippen molar-refractivity contribution in [3.05, 3.63) is 76.6 Å². The van der Waals surface area contributed by atoms with E-state index in [1.165, 1.54) is 29.5 Å². The minimum Gasteiger partial charge on any atom is -0.365 e. The number of benzene rings is 2. The fraction of sp³-hybridized carbons (Fsp3) is 0.190. The van der Waals surface area contributed by atoms with Gasteiger partial charge in [-0.1, -0.05) is 53.7 Å². The van der Waals surface area contributed by atoms with E-state index in [2.05, 4.69) is 15.0 Å². The fourth-order valence-corrected chi connectivity index (χ4v) is 4.61. The summed E-state index contributed by atoms with van der Waals surface area (Å²) < 4.78 is 17.4. The van der Waals surface area contributed by atoms with Crippen LogP contribution >= 0.6 is 23.3 Å². The van der Waals surface area contributed by atoms with Gasteiger partial charge in [-0.05, 0) is 48.6 Å². The number of hydrogen-bond donors (Lipinski definition) is 3. The third-order valence-corrected chi connectivity index (χ3v) is 6.27.